The molecule has 0 fully saturated rings. The van der Waals surface area contributed by atoms with Crippen LogP contribution in [-0.4, -0.2) is 23.7 Å². The highest BCUT2D eigenvalue weighted by molar-refractivity contribution is 6.38. The monoisotopic (exact) mass is 271 g/mol. The average Bonchev–Trinajstić information content (AvgIpc) is 2.25. The molecule has 2 amide bonds. The van der Waals surface area contributed by atoms with Gasteiger partial charge in [0, 0.05) is 10.6 Å². The lowest BCUT2D eigenvalue weighted by molar-refractivity contribution is -0.129. The summed E-state index contributed by atoms with van der Waals surface area (Å²) in [6.45, 7) is 0. The number of carbonyl (C=O) groups excluding carboxylic acids is 2. The highest BCUT2D eigenvalue weighted by Crippen LogP contribution is 2.21. The number of nitrogens with zero attached hydrogens (tertiary/aromatic N) is 1. The molecule has 0 saturated carbocycles. The number of rotatable bonds is 1. The van der Waals surface area contributed by atoms with Crippen molar-refractivity contribution in [1.29, 1.82) is 0 Å². The molecule has 1 atom stereocenters. The minimum absolute atomic E-state index is 0.0865. The second-order valence-electron chi connectivity index (χ2n) is 3.39. The Balaban J connectivity index is 2.44. The molecule has 0 radical (unpaired) electrons. The van der Waals surface area contributed by atoms with E-state index in [-0.39, 0.29) is 5.84 Å². The summed E-state index contributed by atoms with van der Waals surface area (Å²) >= 11 is 11.7. The lowest BCUT2D eigenvalue weighted by Crippen LogP contribution is -2.52. The molecule has 2 rings (SSSR count). The van der Waals surface area contributed by atoms with Crippen molar-refractivity contribution in [1.82, 2.24) is 5.32 Å². The molecule has 1 aliphatic heterocycles. The van der Waals surface area contributed by atoms with Gasteiger partial charge in [0.15, 0.2) is 6.04 Å². The SMILES string of the molecule is NC1C(=O)N=C(c2ccc(Cl)cc2Cl)NC1=O. The molecule has 1 heterocycles. The molecule has 1 aromatic rings. The van der Waals surface area contributed by atoms with Gasteiger partial charge in [0.1, 0.15) is 5.84 Å². The maximum Gasteiger partial charge on any atom is 0.274 e. The number of aliphatic imine (C=N–C) groups is 1. The van der Waals surface area contributed by atoms with Gasteiger partial charge in [0.25, 0.3) is 11.8 Å². The predicted molar refractivity (Wildman–Crippen MR) is 64.1 cm³/mol. The highest BCUT2D eigenvalue weighted by atomic mass is 35.5. The van der Waals surface area contributed by atoms with Crippen LogP contribution in [0.2, 0.25) is 10.0 Å². The van der Waals surface area contributed by atoms with Crippen LogP contribution < -0.4 is 11.1 Å². The summed E-state index contributed by atoms with van der Waals surface area (Å²) in [5.74, 6) is -1.22. The molecule has 0 spiro atoms. The maximum absolute atomic E-state index is 11.4. The molecule has 1 aromatic carbocycles. The molecule has 5 nitrogen and oxygen atoms in total. The number of nitrogens with one attached hydrogen (secondary N) is 1. The van der Waals surface area contributed by atoms with E-state index in [0.717, 1.165) is 0 Å². The van der Waals surface area contributed by atoms with E-state index < -0.39 is 17.9 Å². The van der Waals surface area contributed by atoms with Crippen molar-refractivity contribution in [3.8, 4) is 0 Å². The lowest BCUT2D eigenvalue weighted by Gasteiger charge is -2.17. The lowest BCUT2D eigenvalue weighted by atomic mass is 10.1. The molecule has 3 N–H and O–H groups in total. The van der Waals surface area contributed by atoms with Crippen molar-refractivity contribution in [3.63, 3.8) is 0 Å². The maximum atomic E-state index is 11.4. The Hall–Kier alpha value is -1.43. The third kappa shape index (κ3) is 2.31. The molecular weight excluding hydrogens is 265 g/mol. The summed E-state index contributed by atoms with van der Waals surface area (Å²) < 4.78 is 0. The number of amides is 2. The van der Waals surface area contributed by atoms with Gasteiger partial charge in [0.05, 0.1) is 5.02 Å². The van der Waals surface area contributed by atoms with Crippen molar-refractivity contribution < 1.29 is 9.59 Å². The normalized spacial score (nSPS) is 19.9. The summed E-state index contributed by atoms with van der Waals surface area (Å²) in [5.41, 5.74) is 5.72. The molecule has 1 aliphatic rings. The van der Waals surface area contributed by atoms with Gasteiger partial charge < -0.3 is 11.1 Å². The van der Waals surface area contributed by atoms with E-state index in [1.54, 1.807) is 12.1 Å². The Labute approximate surface area is 107 Å². The van der Waals surface area contributed by atoms with E-state index in [1.165, 1.54) is 6.07 Å². The fourth-order valence-electron chi connectivity index (χ4n) is 1.32. The van der Waals surface area contributed by atoms with Crippen LogP contribution in [0.1, 0.15) is 5.56 Å². The second kappa shape index (κ2) is 4.44. The van der Waals surface area contributed by atoms with Gasteiger partial charge in [-0.2, -0.15) is 4.99 Å². The van der Waals surface area contributed by atoms with Crippen molar-refractivity contribution >= 4 is 40.9 Å². The summed E-state index contributed by atoms with van der Waals surface area (Å²) in [4.78, 5) is 26.4. The van der Waals surface area contributed by atoms with E-state index in [0.29, 0.717) is 15.6 Å². The minimum atomic E-state index is -1.26. The number of hydrogen-bond donors (Lipinski definition) is 2. The zero-order chi connectivity index (χ0) is 12.6. The third-order valence-corrected chi connectivity index (χ3v) is 2.75. The standard InChI is InChI=1S/C10H7Cl2N3O2/c11-4-1-2-5(6(12)3-4)8-14-9(16)7(13)10(17)15-8/h1-3,7H,13H2,(H,14,15,16,17). The van der Waals surface area contributed by atoms with Crippen LogP contribution in [0.5, 0.6) is 0 Å². The van der Waals surface area contributed by atoms with E-state index in [2.05, 4.69) is 10.3 Å². The first kappa shape index (κ1) is 12.0. The van der Waals surface area contributed by atoms with Crippen molar-refractivity contribution in [3.05, 3.63) is 33.8 Å². The van der Waals surface area contributed by atoms with E-state index in [9.17, 15) is 9.59 Å². The van der Waals surface area contributed by atoms with Crippen LogP contribution >= 0.6 is 23.2 Å². The largest absolute Gasteiger partial charge is 0.312 e. The zero-order valence-corrected chi connectivity index (χ0v) is 9.92. The number of halogens is 2. The van der Waals surface area contributed by atoms with Crippen LogP contribution in [0.3, 0.4) is 0 Å². The van der Waals surface area contributed by atoms with Gasteiger partial charge in [-0.05, 0) is 18.2 Å². The number of benzene rings is 1. The number of amidine groups is 1. The van der Waals surface area contributed by atoms with E-state index in [1.807, 2.05) is 0 Å². The Morgan fingerprint density at radius 3 is 2.59 bits per heavy atom. The second-order valence-corrected chi connectivity index (χ2v) is 4.23. The number of nitrogens with two attached hydrogens (primary N) is 1. The number of hydrogen-bond acceptors (Lipinski definition) is 3. The molecule has 0 bridgehead atoms. The molecule has 1 unspecified atom stereocenters. The van der Waals surface area contributed by atoms with Crippen molar-refractivity contribution in [2.75, 3.05) is 0 Å². The van der Waals surface area contributed by atoms with Gasteiger partial charge in [-0.3, -0.25) is 9.59 Å². The van der Waals surface area contributed by atoms with Gasteiger partial charge in [0.2, 0.25) is 0 Å². The van der Waals surface area contributed by atoms with Gasteiger partial charge >= 0.3 is 0 Å². The van der Waals surface area contributed by atoms with Crippen LogP contribution in [0.25, 0.3) is 0 Å². The average molecular weight is 272 g/mol. The molecule has 0 aromatic heterocycles. The van der Waals surface area contributed by atoms with Crippen LogP contribution in [0.15, 0.2) is 23.2 Å². The smallest absolute Gasteiger partial charge is 0.274 e. The summed E-state index contributed by atoms with van der Waals surface area (Å²) in [6.07, 6.45) is 0. The first-order chi connectivity index (χ1) is 7.99. The first-order valence-electron chi connectivity index (χ1n) is 4.63. The van der Waals surface area contributed by atoms with Gasteiger partial charge in [-0.25, -0.2) is 0 Å². The summed E-state index contributed by atoms with van der Waals surface area (Å²) in [5, 5.41) is 3.15. The highest BCUT2D eigenvalue weighted by Gasteiger charge is 2.29. The Kier molecular flexibility index (Phi) is 3.15. The van der Waals surface area contributed by atoms with Gasteiger partial charge in [-0.15, -0.1) is 0 Å². The fraction of sp³-hybridized carbons (Fsp3) is 0.100. The molecule has 7 heteroatoms. The van der Waals surface area contributed by atoms with Crippen LogP contribution in [0.4, 0.5) is 0 Å². The molecule has 17 heavy (non-hydrogen) atoms. The third-order valence-electron chi connectivity index (χ3n) is 2.20. The molecular formula is C10H7Cl2N3O2. The topological polar surface area (TPSA) is 84.6 Å². The zero-order valence-electron chi connectivity index (χ0n) is 8.41. The van der Waals surface area contributed by atoms with E-state index in [4.69, 9.17) is 28.9 Å². The van der Waals surface area contributed by atoms with Crippen LogP contribution in [-0.2, 0) is 9.59 Å². The Morgan fingerprint density at radius 2 is 2.00 bits per heavy atom. The van der Waals surface area contributed by atoms with Crippen molar-refractivity contribution in [2.24, 2.45) is 10.7 Å². The van der Waals surface area contributed by atoms with Crippen molar-refractivity contribution in [2.45, 2.75) is 6.04 Å². The molecule has 0 saturated heterocycles. The molecule has 0 aliphatic carbocycles. The molecule has 88 valence electrons. The predicted octanol–water partition coefficient (Wildman–Crippen LogP) is 0.724. The van der Waals surface area contributed by atoms with E-state index >= 15 is 0 Å². The quantitative estimate of drug-likeness (QED) is 0.739. The first-order valence-corrected chi connectivity index (χ1v) is 5.39. The van der Waals surface area contributed by atoms with Gasteiger partial charge in [-0.1, -0.05) is 23.2 Å². The summed E-state index contributed by atoms with van der Waals surface area (Å²) in [6, 6.07) is 3.38. The Morgan fingerprint density at radius 1 is 1.29 bits per heavy atom. The minimum Gasteiger partial charge on any atom is -0.312 e. The fourth-order valence-corrected chi connectivity index (χ4v) is 1.82. The summed E-state index contributed by atoms with van der Waals surface area (Å²) in [7, 11) is 0. The Bertz CT molecular complexity index is 542. The number of carbonyl (C=O) groups is 2. The van der Waals surface area contributed by atoms with Crippen LogP contribution in [0, 0.1) is 0 Å².